The predicted octanol–water partition coefficient (Wildman–Crippen LogP) is 3.90. The molecule has 20 heavy (non-hydrogen) atoms. The Bertz CT molecular complexity index is 612. The van der Waals surface area contributed by atoms with E-state index in [1.54, 1.807) is 6.07 Å². The van der Waals surface area contributed by atoms with Gasteiger partial charge in [0.05, 0.1) is 0 Å². The topological polar surface area (TPSA) is 46.5 Å². The highest BCUT2D eigenvalue weighted by Gasteiger charge is 2.29. The third-order valence-corrected chi connectivity index (χ3v) is 3.11. The number of rotatable bonds is 4. The van der Waals surface area contributed by atoms with Gasteiger partial charge in [-0.05, 0) is 44.0 Å². The van der Waals surface area contributed by atoms with Crippen molar-refractivity contribution in [3.8, 4) is 16.9 Å². The zero-order valence-electron chi connectivity index (χ0n) is 11.9. The molecule has 0 spiro atoms. The Morgan fingerprint density at radius 1 is 1.05 bits per heavy atom. The van der Waals surface area contributed by atoms with E-state index in [9.17, 15) is 4.79 Å². The van der Waals surface area contributed by atoms with Gasteiger partial charge >= 0.3 is 5.97 Å². The number of hydrogen-bond acceptors (Lipinski definition) is 2. The largest absolute Gasteiger partial charge is 0.478 e. The van der Waals surface area contributed by atoms with Crippen LogP contribution in [0.15, 0.2) is 48.5 Å². The summed E-state index contributed by atoms with van der Waals surface area (Å²) in [5.74, 6) is -0.436. The average Bonchev–Trinajstić information content (AvgIpc) is 2.39. The van der Waals surface area contributed by atoms with Crippen molar-refractivity contribution in [2.45, 2.75) is 26.4 Å². The van der Waals surface area contributed by atoms with Gasteiger partial charge in [0.15, 0.2) is 5.60 Å². The van der Waals surface area contributed by atoms with Crippen LogP contribution >= 0.6 is 0 Å². The number of carboxylic acids is 1. The molecule has 0 radical (unpaired) electrons. The molecule has 2 aromatic carbocycles. The van der Waals surface area contributed by atoms with Gasteiger partial charge in [-0.2, -0.15) is 0 Å². The lowest BCUT2D eigenvalue weighted by Gasteiger charge is -2.21. The monoisotopic (exact) mass is 270 g/mol. The normalized spacial score (nSPS) is 11.2. The lowest BCUT2D eigenvalue weighted by atomic mass is 10.0. The quantitative estimate of drug-likeness (QED) is 0.916. The van der Waals surface area contributed by atoms with Crippen molar-refractivity contribution in [2.75, 3.05) is 0 Å². The number of aryl methyl sites for hydroxylation is 1. The van der Waals surface area contributed by atoms with Gasteiger partial charge in [0.1, 0.15) is 5.75 Å². The minimum Gasteiger partial charge on any atom is -0.478 e. The summed E-state index contributed by atoms with van der Waals surface area (Å²) in [5, 5.41) is 9.09. The first-order valence-corrected chi connectivity index (χ1v) is 6.48. The number of ether oxygens (including phenoxy) is 1. The molecule has 0 saturated carbocycles. The Hall–Kier alpha value is -2.29. The molecule has 0 aliphatic heterocycles. The van der Waals surface area contributed by atoms with Crippen molar-refractivity contribution >= 4 is 5.97 Å². The first-order chi connectivity index (χ1) is 9.38. The predicted molar refractivity (Wildman–Crippen MR) is 79.0 cm³/mol. The summed E-state index contributed by atoms with van der Waals surface area (Å²) < 4.78 is 5.55. The minimum atomic E-state index is -1.24. The van der Waals surface area contributed by atoms with Crippen molar-refractivity contribution in [3.05, 3.63) is 54.1 Å². The van der Waals surface area contributed by atoms with E-state index >= 15 is 0 Å². The molecule has 3 heteroatoms. The van der Waals surface area contributed by atoms with Crippen LogP contribution in [0.5, 0.6) is 5.75 Å². The molecule has 0 aliphatic carbocycles. The van der Waals surface area contributed by atoms with Crippen LogP contribution in [0.2, 0.25) is 0 Å². The Morgan fingerprint density at radius 3 is 2.30 bits per heavy atom. The van der Waals surface area contributed by atoms with Gasteiger partial charge < -0.3 is 9.84 Å². The highest BCUT2D eigenvalue weighted by molar-refractivity contribution is 5.77. The molecule has 3 nitrogen and oxygen atoms in total. The zero-order valence-corrected chi connectivity index (χ0v) is 11.9. The van der Waals surface area contributed by atoms with Crippen molar-refractivity contribution in [3.63, 3.8) is 0 Å². The molecule has 2 aromatic rings. The molecule has 0 aromatic heterocycles. The Balaban J connectivity index is 2.29. The van der Waals surface area contributed by atoms with E-state index in [0.717, 1.165) is 11.1 Å². The fourth-order valence-corrected chi connectivity index (χ4v) is 1.82. The van der Waals surface area contributed by atoms with Crippen molar-refractivity contribution in [1.29, 1.82) is 0 Å². The van der Waals surface area contributed by atoms with Crippen LogP contribution < -0.4 is 4.74 Å². The number of aliphatic carboxylic acids is 1. The van der Waals surface area contributed by atoms with Gasteiger partial charge in [0.25, 0.3) is 0 Å². The van der Waals surface area contributed by atoms with Gasteiger partial charge in [-0.3, -0.25) is 0 Å². The van der Waals surface area contributed by atoms with Crippen LogP contribution in [-0.2, 0) is 4.79 Å². The van der Waals surface area contributed by atoms with Crippen LogP contribution in [0.3, 0.4) is 0 Å². The maximum Gasteiger partial charge on any atom is 0.347 e. The van der Waals surface area contributed by atoms with E-state index in [2.05, 4.69) is 0 Å². The van der Waals surface area contributed by atoms with Crippen LogP contribution in [-0.4, -0.2) is 16.7 Å². The molecule has 0 fully saturated rings. The molecule has 0 heterocycles. The number of carboxylic acid groups (broad SMARTS) is 1. The molecular weight excluding hydrogens is 252 g/mol. The van der Waals surface area contributed by atoms with E-state index in [1.807, 2.05) is 49.4 Å². The summed E-state index contributed by atoms with van der Waals surface area (Å²) >= 11 is 0. The van der Waals surface area contributed by atoms with Crippen LogP contribution in [0.4, 0.5) is 0 Å². The maximum atomic E-state index is 11.1. The molecule has 0 saturated heterocycles. The summed E-state index contributed by atoms with van der Waals surface area (Å²) in [4.78, 5) is 11.1. The van der Waals surface area contributed by atoms with Crippen LogP contribution in [0.1, 0.15) is 19.4 Å². The zero-order chi connectivity index (χ0) is 14.8. The van der Waals surface area contributed by atoms with Gasteiger partial charge in [-0.15, -0.1) is 0 Å². The molecule has 1 N–H and O–H groups in total. The Kier molecular flexibility index (Phi) is 3.79. The second-order valence-electron chi connectivity index (χ2n) is 5.31. The van der Waals surface area contributed by atoms with Crippen molar-refractivity contribution in [2.24, 2.45) is 0 Å². The van der Waals surface area contributed by atoms with E-state index in [4.69, 9.17) is 9.84 Å². The Labute approximate surface area is 118 Å². The number of benzene rings is 2. The third kappa shape index (κ3) is 3.18. The fraction of sp³-hybridized carbons (Fsp3) is 0.235. The fourth-order valence-electron chi connectivity index (χ4n) is 1.82. The minimum absolute atomic E-state index is 0.551. The summed E-state index contributed by atoms with van der Waals surface area (Å²) in [7, 11) is 0. The standard InChI is InChI=1S/C17H18O3/c1-12-7-9-13(10-8-12)14-5-4-6-15(11-14)20-17(2,3)16(18)19/h4-11H,1-3H3,(H,18,19). The lowest BCUT2D eigenvalue weighted by Crippen LogP contribution is -2.37. The molecule has 0 unspecified atom stereocenters. The lowest BCUT2D eigenvalue weighted by molar-refractivity contribution is -0.152. The van der Waals surface area contributed by atoms with Gasteiger partial charge in [-0.1, -0.05) is 42.0 Å². The average molecular weight is 270 g/mol. The first-order valence-electron chi connectivity index (χ1n) is 6.48. The van der Waals surface area contributed by atoms with E-state index in [1.165, 1.54) is 19.4 Å². The van der Waals surface area contributed by atoms with E-state index in [-0.39, 0.29) is 0 Å². The van der Waals surface area contributed by atoms with Gasteiger partial charge in [0, 0.05) is 0 Å². The molecule has 0 atom stereocenters. The van der Waals surface area contributed by atoms with Gasteiger partial charge in [-0.25, -0.2) is 4.79 Å². The molecular formula is C17H18O3. The van der Waals surface area contributed by atoms with Crippen molar-refractivity contribution < 1.29 is 14.6 Å². The second kappa shape index (κ2) is 5.37. The maximum absolute atomic E-state index is 11.1. The van der Waals surface area contributed by atoms with Crippen molar-refractivity contribution in [1.82, 2.24) is 0 Å². The number of carbonyl (C=O) groups is 1. The summed E-state index contributed by atoms with van der Waals surface area (Å²) in [6, 6.07) is 15.6. The molecule has 0 amide bonds. The van der Waals surface area contributed by atoms with E-state index < -0.39 is 11.6 Å². The smallest absolute Gasteiger partial charge is 0.347 e. The van der Waals surface area contributed by atoms with Crippen LogP contribution in [0.25, 0.3) is 11.1 Å². The summed E-state index contributed by atoms with van der Waals surface area (Å²) in [6.07, 6.45) is 0. The van der Waals surface area contributed by atoms with Crippen LogP contribution in [0, 0.1) is 6.92 Å². The summed E-state index contributed by atoms with van der Waals surface area (Å²) in [6.45, 7) is 5.11. The SMILES string of the molecule is Cc1ccc(-c2cccc(OC(C)(C)C(=O)O)c2)cc1. The highest BCUT2D eigenvalue weighted by atomic mass is 16.5. The highest BCUT2D eigenvalue weighted by Crippen LogP contribution is 2.26. The Morgan fingerprint density at radius 2 is 1.70 bits per heavy atom. The summed E-state index contributed by atoms with van der Waals surface area (Å²) in [5.41, 5.74) is 2.04. The molecule has 0 bridgehead atoms. The molecule has 104 valence electrons. The molecule has 0 aliphatic rings. The second-order valence-corrected chi connectivity index (χ2v) is 5.31. The number of hydrogen-bond donors (Lipinski definition) is 1. The molecule has 2 rings (SSSR count). The van der Waals surface area contributed by atoms with E-state index in [0.29, 0.717) is 5.75 Å². The third-order valence-electron chi connectivity index (χ3n) is 3.11. The first kappa shape index (κ1) is 14.1. The van der Waals surface area contributed by atoms with Gasteiger partial charge in [0.2, 0.25) is 0 Å².